The Morgan fingerprint density at radius 1 is 0.846 bits per heavy atom. The van der Waals surface area contributed by atoms with E-state index in [0.717, 1.165) is 15.5 Å². The Balaban J connectivity index is 1.84. The average Bonchev–Trinajstić information content (AvgIpc) is 2.69. The molecule has 1 amide bonds. The van der Waals surface area contributed by atoms with Gasteiger partial charge in [0.15, 0.2) is 0 Å². The summed E-state index contributed by atoms with van der Waals surface area (Å²) in [6, 6.07) is 22.9. The maximum atomic E-state index is 12.7. The van der Waals surface area contributed by atoms with E-state index >= 15 is 0 Å². The van der Waals surface area contributed by atoms with Crippen LogP contribution in [0.2, 0.25) is 0 Å². The van der Waals surface area contributed by atoms with Gasteiger partial charge in [-0.1, -0.05) is 42.1 Å². The molecule has 0 unspecified atom stereocenters. The topological polar surface area (TPSA) is 47.6 Å². The highest BCUT2D eigenvalue weighted by atomic mass is 32.2. The molecule has 3 aromatic carbocycles. The van der Waals surface area contributed by atoms with Gasteiger partial charge < -0.3 is 14.8 Å². The van der Waals surface area contributed by atoms with E-state index in [-0.39, 0.29) is 5.91 Å². The number of anilines is 1. The van der Waals surface area contributed by atoms with Crippen molar-refractivity contribution in [2.75, 3.05) is 19.5 Å². The van der Waals surface area contributed by atoms with E-state index in [0.29, 0.717) is 17.1 Å². The van der Waals surface area contributed by atoms with Gasteiger partial charge in [0, 0.05) is 21.4 Å². The first kappa shape index (κ1) is 17.9. The number of para-hydroxylation sites is 1. The molecule has 0 radical (unpaired) electrons. The standard InChI is InChI=1S/C21H19NO3S/c1-24-16-12-15(13-17(14-16)25-2)21(23)22-19-10-6-7-11-20(19)26-18-8-4-3-5-9-18/h3-14H,1-2H3,(H,22,23). The molecule has 0 saturated heterocycles. The lowest BCUT2D eigenvalue weighted by Gasteiger charge is -2.12. The van der Waals surface area contributed by atoms with Gasteiger partial charge in [-0.2, -0.15) is 0 Å². The molecule has 0 heterocycles. The second kappa shape index (κ2) is 8.45. The quantitative estimate of drug-likeness (QED) is 0.660. The Labute approximate surface area is 157 Å². The summed E-state index contributed by atoms with van der Waals surface area (Å²) >= 11 is 1.60. The van der Waals surface area contributed by atoms with E-state index in [9.17, 15) is 4.79 Å². The van der Waals surface area contributed by atoms with Gasteiger partial charge in [0.05, 0.1) is 19.9 Å². The van der Waals surface area contributed by atoms with Crippen LogP contribution in [-0.2, 0) is 0 Å². The number of carbonyl (C=O) groups excluding carboxylic acids is 1. The van der Waals surface area contributed by atoms with Gasteiger partial charge in [-0.3, -0.25) is 4.79 Å². The predicted molar refractivity (Wildman–Crippen MR) is 105 cm³/mol. The van der Waals surface area contributed by atoms with Crippen molar-refractivity contribution in [1.82, 2.24) is 0 Å². The highest BCUT2D eigenvalue weighted by molar-refractivity contribution is 7.99. The highest BCUT2D eigenvalue weighted by Gasteiger charge is 2.12. The average molecular weight is 365 g/mol. The molecule has 0 aliphatic carbocycles. The SMILES string of the molecule is COc1cc(OC)cc(C(=O)Nc2ccccc2Sc2ccccc2)c1. The first-order valence-electron chi connectivity index (χ1n) is 8.06. The Morgan fingerprint density at radius 2 is 1.46 bits per heavy atom. The first-order chi connectivity index (χ1) is 12.7. The summed E-state index contributed by atoms with van der Waals surface area (Å²) in [6.45, 7) is 0. The van der Waals surface area contributed by atoms with E-state index in [4.69, 9.17) is 9.47 Å². The van der Waals surface area contributed by atoms with Crippen LogP contribution in [0.3, 0.4) is 0 Å². The minimum Gasteiger partial charge on any atom is -0.497 e. The van der Waals surface area contributed by atoms with Crippen molar-refractivity contribution in [2.24, 2.45) is 0 Å². The summed E-state index contributed by atoms with van der Waals surface area (Å²) < 4.78 is 10.5. The first-order valence-corrected chi connectivity index (χ1v) is 8.87. The van der Waals surface area contributed by atoms with Crippen LogP contribution < -0.4 is 14.8 Å². The largest absolute Gasteiger partial charge is 0.497 e. The maximum Gasteiger partial charge on any atom is 0.255 e. The fraction of sp³-hybridized carbons (Fsp3) is 0.0952. The van der Waals surface area contributed by atoms with E-state index in [1.165, 1.54) is 0 Å². The third-order valence-electron chi connectivity index (χ3n) is 3.72. The summed E-state index contributed by atoms with van der Waals surface area (Å²) in [5, 5.41) is 2.98. The number of ether oxygens (including phenoxy) is 2. The van der Waals surface area contributed by atoms with Gasteiger partial charge in [-0.15, -0.1) is 0 Å². The summed E-state index contributed by atoms with van der Waals surface area (Å²) in [4.78, 5) is 14.8. The molecule has 0 aliphatic rings. The molecule has 26 heavy (non-hydrogen) atoms. The van der Waals surface area contributed by atoms with E-state index in [1.807, 2.05) is 54.6 Å². The van der Waals surface area contributed by atoms with Gasteiger partial charge in [-0.25, -0.2) is 0 Å². The molecule has 3 aromatic rings. The highest BCUT2D eigenvalue weighted by Crippen LogP contribution is 2.33. The summed E-state index contributed by atoms with van der Waals surface area (Å²) in [6.07, 6.45) is 0. The molecule has 0 fully saturated rings. The second-order valence-corrected chi connectivity index (χ2v) is 6.58. The number of rotatable bonds is 6. The van der Waals surface area contributed by atoms with Gasteiger partial charge >= 0.3 is 0 Å². The van der Waals surface area contributed by atoms with Crippen LogP contribution in [0, 0.1) is 0 Å². The molecule has 132 valence electrons. The normalized spacial score (nSPS) is 10.2. The van der Waals surface area contributed by atoms with Gasteiger partial charge in [0.1, 0.15) is 11.5 Å². The summed E-state index contributed by atoms with van der Waals surface area (Å²) in [5.41, 5.74) is 1.23. The lowest BCUT2D eigenvalue weighted by atomic mass is 10.2. The molecule has 5 heteroatoms. The zero-order valence-corrected chi connectivity index (χ0v) is 15.4. The van der Waals surface area contributed by atoms with Crippen molar-refractivity contribution >= 4 is 23.4 Å². The molecule has 0 saturated carbocycles. The number of amides is 1. The molecule has 0 spiro atoms. The molecule has 0 aliphatic heterocycles. The van der Waals surface area contributed by atoms with Crippen molar-refractivity contribution < 1.29 is 14.3 Å². The van der Waals surface area contributed by atoms with E-state index in [2.05, 4.69) is 5.32 Å². The summed E-state index contributed by atoms with van der Waals surface area (Å²) in [5.74, 6) is 0.922. The van der Waals surface area contributed by atoms with Gasteiger partial charge in [0.2, 0.25) is 0 Å². The van der Waals surface area contributed by atoms with Gasteiger partial charge in [0.25, 0.3) is 5.91 Å². The number of hydrogen-bond donors (Lipinski definition) is 1. The monoisotopic (exact) mass is 365 g/mol. The Kier molecular flexibility index (Phi) is 5.81. The Hall–Kier alpha value is -2.92. The molecular formula is C21H19NO3S. The van der Waals surface area contributed by atoms with Crippen LogP contribution in [0.1, 0.15) is 10.4 Å². The van der Waals surface area contributed by atoms with Crippen molar-refractivity contribution in [1.29, 1.82) is 0 Å². The van der Waals surface area contributed by atoms with Crippen LogP contribution >= 0.6 is 11.8 Å². The minimum absolute atomic E-state index is 0.219. The summed E-state index contributed by atoms with van der Waals surface area (Å²) in [7, 11) is 3.12. The number of benzene rings is 3. The van der Waals surface area contributed by atoms with Crippen LogP contribution in [0.25, 0.3) is 0 Å². The van der Waals surface area contributed by atoms with Crippen LogP contribution in [0.4, 0.5) is 5.69 Å². The fourth-order valence-electron chi connectivity index (χ4n) is 2.41. The van der Waals surface area contributed by atoms with Crippen LogP contribution in [-0.4, -0.2) is 20.1 Å². The molecule has 4 nitrogen and oxygen atoms in total. The van der Waals surface area contributed by atoms with E-state index < -0.39 is 0 Å². The third-order valence-corrected chi connectivity index (χ3v) is 4.80. The maximum absolute atomic E-state index is 12.7. The number of nitrogens with one attached hydrogen (secondary N) is 1. The molecule has 0 atom stereocenters. The minimum atomic E-state index is -0.219. The second-order valence-electron chi connectivity index (χ2n) is 5.47. The molecule has 1 N–H and O–H groups in total. The van der Waals surface area contributed by atoms with Crippen molar-refractivity contribution in [3.8, 4) is 11.5 Å². The molecular weight excluding hydrogens is 346 g/mol. The van der Waals surface area contributed by atoms with Crippen molar-refractivity contribution in [3.63, 3.8) is 0 Å². The fourth-order valence-corrected chi connectivity index (χ4v) is 3.33. The number of methoxy groups -OCH3 is 2. The lowest BCUT2D eigenvalue weighted by molar-refractivity contribution is 0.102. The lowest BCUT2D eigenvalue weighted by Crippen LogP contribution is -2.12. The third kappa shape index (κ3) is 4.37. The zero-order valence-electron chi connectivity index (χ0n) is 14.6. The Bertz CT molecular complexity index is 875. The van der Waals surface area contributed by atoms with Crippen LogP contribution in [0.5, 0.6) is 11.5 Å². The Morgan fingerprint density at radius 3 is 2.12 bits per heavy atom. The molecule has 0 bridgehead atoms. The van der Waals surface area contributed by atoms with Crippen LogP contribution in [0.15, 0.2) is 82.6 Å². The van der Waals surface area contributed by atoms with Crippen molar-refractivity contribution in [3.05, 3.63) is 78.4 Å². The molecule has 0 aromatic heterocycles. The van der Waals surface area contributed by atoms with Gasteiger partial charge in [-0.05, 0) is 36.4 Å². The van der Waals surface area contributed by atoms with E-state index in [1.54, 1.807) is 44.2 Å². The smallest absolute Gasteiger partial charge is 0.255 e. The zero-order chi connectivity index (χ0) is 18.4. The van der Waals surface area contributed by atoms with Crippen molar-refractivity contribution in [2.45, 2.75) is 9.79 Å². The number of hydrogen-bond acceptors (Lipinski definition) is 4. The number of carbonyl (C=O) groups is 1. The molecule has 3 rings (SSSR count). The predicted octanol–water partition coefficient (Wildman–Crippen LogP) is 5.11.